The van der Waals surface area contributed by atoms with Gasteiger partial charge >= 0.3 is 11.9 Å². The van der Waals surface area contributed by atoms with Crippen molar-refractivity contribution in [2.75, 3.05) is 18.5 Å². The van der Waals surface area contributed by atoms with Crippen LogP contribution in [0.5, 0.6) is 0 Å². The van der Waals surface area contributed by atoms with Crippen LogP contribution < -0.4 is 5.32 Å². The first-order valence-electron chi connectivity index (χ1n) is 6.12. The lowest BCUT2D eigenvalue weighted by molar-refractivity contribution is -0.146. The Labute approximate surface area is 135 Å². The molecule has 6 nitrogen and oxygen atoms in total. The molecule has 0 aromatic carbocycles. The Morgan fingerprint density at radius 1 is 1.29 bits per heavy atom. The van der Waals surface area contributed by atoms with Crippen LogP contribution in [-0.4, -0.2) is 30.1 Å². The highest BCUT2D eigenvalue weighted by Gasteiger charge is 2.21. The largest absolute Gasteiger partial charge is 0.462 e. The topological polar surface area (TPSA) is 77.5 Å². The van der Waals surface area contributed by atoms with Crippen molar-refractivity contribution in [3.8, 4) is 0 Å². The number of anilines is 1. The van der Waals surface area contributed by atoms with Crippen molar-refractivity contribution < 1.29 is 19.1 Å². The lowest BCUT2D eigenvalue weighted by Gasteiger charge is -2.08. The van der Waals surface area contributed by atoms with Gasteiger partial charge in [-0.2, -0.15) is 0 Å². The predicted molar refractivity (Wildman–Crippen MR) is 81.9 cm³/mol. The van der Waals surface area contributed by atoms with E-state index in [-0.39, 0.29) is 23.9 Å². The van der Waals surface area contributed by atoms with Crippen LogP contribution in [0.2, 0.25) is 5.15 Å². The van der Waals surface area contributed by atoms with E-state index in [1.54, 1.807) is 26.0 Å². The molecule has 0 saturated heterocycles. The van der Waals surface area contributed by atoms with Crippen molar-refractivity contribution >= 4 is 45.2 Å². The molecule has 0 atom stereocenters. The van der Waals surface area contributed by atoms with Gasteiger partial charge in [-0.25, -0.2) is 14.6 Å². The molecule has 0 radical (unpaired) electrons. The summed E-state index contributed by atoms with van der Waals surface area (Å²) in [6.07, 6.45) is 1.19. The van der Waals surface area contributed by atoms with E-state index >= 15 is 0 Å². The van der Waals surface area contributed by atoms with Gasteiger partial charge in [-0.3, -0.25) is 0 Å². The molecule has 8 heteroatoms. The minimum Gasteiger partial charge on any atom is -0.462 e. The van der Waals surface area contributed by atoms with Crippen molar-refractivity contribution in [1.82, 2.24) is 4.98 Å². The smallest absolute Gasteiger partial charge is 0.347 e. The highest BCUT2D eigenvalue weighted by Crippen LogP contribution is 2.22. The fraction of sp³-hybridized carbons (Fsp3) is 0.308. The van der Waals surface area contributed by atoms with E-state index in [9.17, 15) is 9.59 Å². The quantitative estimate of drug-likeness (QED) is 0.270. The Morgan fingerprint density at radius 3 is 2.33 bits per heavy atom. The number of hydrogen-bond donors (Lipinski definition) is 1. The van der Waals surface area contributed by atoms with E-state index in [0.29, 0.717) is 10.3 Å². The Morgan fingerprint density at radius 2 is 1.86 bits per heavy atom. The van der Waals surface area contributed by atoms with Crippen molar-refractivity contribution in [2.45, 2.75) is 13.8 Å². The number of aromatic nitrogens is 1. The maximum atomic E-state index is 11.7. The molecule has 0 aliphatic carbocycles. The summed E-state index contributed by atoms with van der Waals surface area (Å²) in [5.41, 5.74) is 0.184. The molecular formula is C13H14BrClN2O4. The molecule has 1 aromatic rings. The number of halogens is 2. The summed E-state index contributed by atoms with van der Waals surface area (Å²) < 4.78 is 10.2. The van der Waals surface area contributed by atoms with Gasteiger partial charge in [-0.1, -0.05) is 11.6 Å². The van der Waals surface area contributed by atoms with Crippen molar-refractivity contribution in [1.29, 1.82) is 0 Å². The number of esters is 2. The average molecular weight is 378 g/mol. The Kier molecular flexibility index (Phi) is 7.18. The fourth-order valence-electron chi connectivity index (χ4n) is 1.29. The normalized spacial score (nSPS) is 9.71. The maximum absolute atomic E-state index is 11.7. The van der Waals surface area contributed by atoms with Gasteiger partial charge in [0.2, 0.25) is 0 Å². The van der Waals surface area contributed by atoms with E-state index in [1.165, 1.54) is 6.20 Å². The first-order chi connectivity index (χ1) is 9.99. The van der Waals surface area contributed by atoms with Crippen LogP contribution in [0.1, 0.15) is 13.8 Å². The van der Waals surface area contributed by atoms with E-state index < -0.39 is 11.9 Å². The van der Waals surface area contributed by atoms with E-state index in [0.717, 1.165) is 0 Å². The SMILES string of the molecule is CCOC(=O)C(=CNc1ccc(Br)nc1Cl)C(=O)OCC. The second kappa shape index (κ2) is 8.63. The minimum atomic E-state index is -0.773. The highest BCUT2D eigenvalue weighted by atomic mass is 79.9. The number of carbonyl (C=O) groups is 2. The van der Waals surface area contributed by atoms with Gasteiger partial charge in [0.1, 0.15) is 4.60 Å². The van der Waals surface area contributed by atoms with Gasteiger partial charge in [-0.05, 0) is 41.9 Å². The highest BCUT2D eigenvalue weighted by molar-refractivity contribution is 9.10. The maximum Gasteiger partial charge on any atom is 0.347 e. The van der Waals surface area contributed by atoms with Crippen LogP contribution in [0.25, 0.3) is 0 Å². The van der Waals surface area contributed by atoms with Crippen LogP contribution in [0.15, 0.2) is 28.5 Å². The molecule has 1 rings (SSSR count). The first kappa shape index (κ1) is 17.5. The molecule has 0 saturated carbocycles. The number of hydrogen-bond acceptors (Lipinski definition) is 6. The molecule has 21 heavy (non-hydrogen) atoms. The zero-order valence-electron chi connectivity index (χ0n) is 11.5. The van der Waals surface area contributed by atoms with Crippen LogP contribution >= 0.6 is 27.5 Å². The average Bonchev–Trinajstić information content (AvgIpc) is 2.41. The van der Waals surface area contributed by atoms with Crippen LogP contribution in [0, 0.1) is 0 Å². The molecule has 0 aliphatic heterocycles. The van der Waals surface area contributed by atoms with Crippen LogP contribution in [0.3, 0.4) is 0 Å². The van der Waals surface area contributed by atoms with E-state index in [4.69, 9.17) is 21.1 Å². The van der Waals surface area contributed by atoms with Gasteiger partial charge < -0.3 is 14.8 Å². The predicted octanol–water partition coefficient (Wildman–Crippen LogP) is 2.92. The second-order valence-corrected chi connectivity index (χ2v) is 4.79. The second-order valence-electron chi connectivity index (χ2n) is 3.62. The third kappa shape index (κ3) is 5.35. The Balaban J connectivity index is 2.96. The van der Waals surface area contributed by atoms with Crippen molar-refractivity contribution in [3.05, 3.63) is 33.7 Å². The summed E-state index contributed by atoms with van der Waals surface area (Å²) >= 11 is 9.11. The summed E-state index contributed by atoms with van der Waals surface area (Å²) in [5.74, 6) is -1.55. The molecular weight excluding hydrogens is 364 g/mol. The number of carbonyl (C=O) groups excluding carboxylic acids is 2. The van der Waals surface area contributed by atoms with E-state index in [1.807, 2.05) is 0 Å². The summed E-state index contributed by atoms with van der Waals surface area (Å²) in [7, 11) is 0. The molecule has 1 heterocycles. The zero-order chi connectivity index (χ0) is 15.8. The standard InChI is InChI=1S/C13H14BrClN2O4/c1-3-20-12(18)8(13(19)21-4-2)7-16-9-5-6-10(14)17-11(9)15/h5-7,16H,3-4H2,1-2H3. The Hall–Kier alpha value is -1.60. The van der Waals surface area contributed by atoms with Gasteiger partial charge in [-0.15, -0.1) is 0 Å². The molecule has 1 N–H and O–H groups in total. The Bertz CT molecular complexity index is 543. The first-order valence-corrected chi connectivity index (χ1v) is 7.29. The molecule has 0 unspecified atom stereocenters. The monoisotopic (exact) mass is 376 g/mol. The van der Waals surface area contributed by atoms with Gasteiger partial charge in [0.05, 0.1) is 18.9 Å². The molecule has 0 spiro atoms. The lowest BCUT2D eigenvalue weighted by Crippen LogP contribution is -2.19. The summed E-state index contributed by atoms with van der Waals surface area (Å²) in [6, 6.07) is 3.31. The lowest BCUT2D eigenvalue weighted by atomic mass is 10.3. The van der Waals surface area contributed by atoms with Gasteiger partial charge in [0.15, 0.2) is 10.7 Å². The molecule has 1 aromatic heterocycles. The van der Waals surface area contributed by atoms with Crippen molar-refractivity contribution in [3.63, 3.8) is 0 Å². The summed E-state index contributed by atoms with van der Waals surface area (Å²) in [6.45, 7) is 3.58. The third-order valence-electron chi connectivity index (χ3n) is 2.18. The zero-order valence-corrected chi connectivity index (χ0v) is 13.8. The summed E-state index contributed by atoms with van der Waals surface area (Å²) in [5, 5.41) is 2.93. The van der Waals surface area contributed by atoms with E-state index in [2.05, 4.69) is 26.2 Å². The summed E-state index contributed by atoms with van der Waals surface area (Å²) in [4.78, 5) is 27.4. The molecule has 0 fully saturated rings. The molecule has 114 valence electrons. The molecule has 0 aliphatic rings. The third-order valence-corrected chi connectivity index (χ3v) is 2.91. The van der Waals surface area contributed by atoms with Gasteiger partial charge in [0.25, 0.3) is 0 Å². The molecule has 0 bridgehead atoms. The number of nitrogens with zero attached hydrogens (tertiary/aromatic N) is 1. The fourth-order valence-corrected chi connectivity index (χ4v) is 1.91. The minimum absolute atomic E-state index is 0.149. The van der Waals surface area contributed by atoms with Crippen LogP contribution in [-0.2, 0) is 19.1 Å². The number of pyridine rings is 1. The van der Waals surface area contributed by atoms with Crippen molar-refractivity contribution in [2.24, 2.45) is 0 Å². The molecule has 0 amide bonds. The number of ether oxygens (including phenoxy) is 2. The van der Waals surface area contributed by atoms with Gasteiger partial charge in [0, 0.05) is 6.20 Å². The number of nitrogens with one attached hydrogen (secondary N) is 1. The van der Waals surface area contributed by atoms with Crippen LogP contribution in [0.4, 0.5) is 5.69 Å². The number of rotatable bonds is 6.